The SMILES string of the molecule is COc1ccccc1CN1C(=O)C(=O)/C(=C(/O)c2cccc3ccccc23)C1c1ccc(OC)c(OC)c1. The standard InChI is InChI=1S/C31H27NO6/c1-36-24-14-7-5-10-21(24)18-32-28(20-15-16-25(37-2)26(17-20)38-3)27(30(34)31(32)35)29(33)23-13-8-11-19-9-4-6-12-22(19)23/h4-17,28,33H,18H2,1-3H3/b29-27+. The van der Waals surface area contributed by atoms with Crippen LogP contribution in [0.4, 0.5) is 0 Å². The van der Waals surface area contributed by atoms with Crippen molar-refractivity contribution in [2.45, 2.75) is 12.6 Å². The monoisotopic (exact) mass is 509 g/mol. The van der Waals surface area contributed by atoms with Gasteiger partial charge in [0, 0.05) is 11.1 Å². The van der Waals surface area contributed by atoms with Crippen molar-refractivity contribution in [1.82, 2.24) is 4.90 Å². The number of fused-ring (bicyclic) bond motifs is 1. The smallest absolute Gasteiger partial charge is 0.295 e. The number of amides is 1. The quantitative estimate of drug-likeness (QED) is 0.202. The lowest BCUT2D eigenvalue weighted by Gasteiger charge is -2.26. The van der Waals surface area contributed by atoms with Gasteiger partial charge in [-0.3, -0.25) is 9.59 Å². The Morgan fingerprint density at radius 1 is 0.789 bits per heavy atom. The average molecular weight is 510 g/mol. The molecule has 0 radical (unpaired) electrons. The number of nitrogens with zero attached hydrogens (tertiary/aromatic N) is 1. The van der Waals surface area contributed by atoms with Crippen LogP contribution >= 0.6 is 0 Å². The topological polar surface area (TPSA) is 85.3 Å². The second-order valence-electron chi connectivity index (χ2n) is 8.88. The molecule has 0 aliphatic carbocycles. The number of aliphatic hydroxyl groups is 1. The lowest BCUT2D eigenvalue weighted by atomic mass is 9.93. The van der Waals surface area contributed by atoms with Gasteiger partial charge in [0.2, 0.25) is 0 Å². The molecular weight excluding hydrogens is 482 g/mol. The molecule has 4 aromatic rings. The van der Waals surface area contributed by atoms with E-state index in [0.29, 0.717) is 28.4 Å². The van der Waals surface area contributed by atoms with Crippen molar-refractivity contribution in [2.24, 2.45) is 0 Å². The summed E-state index contributed by atoms with van der Waals surface area (Å²) in [7, 11) is 4.61. The summed E-state index contributed by atoms with van der Waals surface area (Å²) in [5.74, 6) is -0.162. The van der Waals surface area contributed by atoms with Gasteiger partial charge in [-0.15, -0.1) is 0 Å². The van der Waals surface area contributed by atoms with Crippen molar-refractivity contribution in [3.8, 4) is 17.2 Å². The van der Waals surface area contributed by atoms with Crippen LogP contribution in [0.2, 0.25) is 0 Å². The Morgan fingerprint density at radius 2 is 1.47 bits per heavy atom. The minimum atomic E-state index is -0.876. The maximum atomic E-state index is 13.6. The Morgan fingerprint density at radius 3 is 2.24 bits per heavy atom. The van der Waals surface area contributed by atoms with E-state index in [2.05, 4.69) is 0 Å². The van der Waals surface area contributed by atoms with Crippen LogP contribution in [-0.4, -0.2) is 43.0 Å². The number of rotatable bonds is 7. The fourth-order valence-corrected chi connectivity index (χ4v) is 5.01. The highest BCUT2D eigenvalue weighted by molar-refractivity contribution is 6.46. The fourth-order valence-electron chi connectivity index (χ4n) is 5.01. The summed E-state index contributed by atoms with van der Waals surface area (Å²) in [6, 6.07) is 24.7. The van der Waals surface area contributed by atoms with Crippen LogP contribution in [-0.2, 0) is 16.1 Å². The van der Waals surface area contributed by atoms with E-state index in [-0.39, 0.29) is 17.9 Å². The molecule has 1 aliphatic rings. The normalized spacial score (nSPS) is 16.6. The zero-order chi connectivity index (χ0) is 26.8. The van der Waals surface area contributed by atoms with Crippen LogP contribution < -0.4 is 14.2 Å². The summed E-state index contributed by atoms with van der Waals surface area (Å²) in [5, 5.41) is 13.3. The first-order valence-corrected chi connectivity index (χ1v) is 12.1. The van der Waals surface area contributed by atoms with E-state index in [1.54, 1.807) is 37.4 Å². The summed E-state index contributed by atoms with van der Waals surface area (Å²) in [6.07, 6.45) is 0. The second-order valence-corrected chi connectivity index (χ2v) is 8.88. The molecule has 1 unspecified atom stereocenters. The molecule has 7 heteroatoms. The van der Waals surface area contributed by atoms with Gasteiger partial charge in [0.15, 0.2) is 11.5 Å². The van der Waals surface area contributed by atoms with E-state index in [1.807, 2.05) is 54.6 Å². The summed E-state index contributed by atoms with van der Waals surface area (Å²) < 4.78 is 16.4. The van der Waals surface area contributed by atoms with Crippen molar-refractivity contribution >= 4 is 28.2 Å². The van der Waals surface area contributed by atoms with E-state index < -0.39 is 17.7 Å². The number of benzene rings is 4. The summed E-state index contributed by atoms with van der Waals surface area (Å²) in [4.78, 5) is 28.5. The Labute approximate surface area is 220 Å². The van der Waals surface area contributed by atoms with Crippen LogP contribution in [0.5, 0.6) is 17.2 Å². The molecule has 38 heavy (non-hydrogen) atoms. The molecule has 1 aliphatic heterocycles. The van der Waals surface area contributed by atoms with Crippen LogP contribution in [0.15, 0.2) is 90.5 Å². The molecule has 0 saturated carbocycles. The number of likely N-dealkylation sites (tertiary alicyclic amines) is 1. The molecular formula is C31H27NO6. The van der Waals surface area contributed by atoms with Crippen molar-refractivity contribution in [2.75, 3.05) is 21.3 Å². The fraction of sp³-hybridized carbons (Fsp3) is 0.161. The van der Waals surface area contributed by atoms with Crippen LogP contribution in [0.1, 0.15) is 22.7 Å². The van der Waals surface area contributed by atoms with Crippen LogP contribution in [0.3, 0.4) is 0 Å². The molecule has 4 aromatic carbocycles. The molecule has 1 saturated heterocycles. The maximum absolute atomic E-state index is 13.6. The number of hydrogen-bond donors (Lipinski definition) is 1. The van der Waals surface area contributed by atoms with Crippen molar-refractivity contribution < 1.29 is 28.9 Å². The zero-order valence-corrected chi connectivity index (χ0v) is 21.3. The van der Waals surface area contributed by atoms with Gasteiger partial charge in [0.25, 0.3) is 11.7 Å². The number of hydrogen-bond acceptors (Lipinski definition) is 6. The molecule has 0 bridgehead atoms. The molecule has 0 aromatic heterocycles. The minimum absolute atomic E-state index is 0.00784. The first-order valence-electron chi connectivity index (χ1n) is 12.1. The molecule has 192 valence electrons. The number of carbonyl (C=O) groups excluding carboxylic acids is 2. The highest BCUT2D eigenvalue weighted by atomic mass is 16.5. The van der Waals surface area contributed by atoms with Crippen molar-refractivity contribution in [3.63, 3.8) is 0 Å². The number of ketones is 1. The van der Waals surface area contributed by atoms with Crippen molar-refractivity contribution in [1.29, 1.82) is 0 Å². The predicted molar refractivity (Wildman–Crippen MR) is 144 cm³/mol. The van der Waals surface area contributed by atoms with E-state index in [9.17, 15) is 14.7 Å². The van der Waals surface area contributed by atoms with Gasteiger partial charge >= 0.3 is 0 Å². The Bertz CT molecular complexity index is 1570. The largest absolute Gasteiger partial charge is 0.507 e. The lowest BCUT2D eigenvalue weighted by molar-refractivity contribution is -0.140. The van der Waals surface area contributed by atoms with Gasteiger partial charge in [0.05, 0.1) is 39.5 Å². The Hall–Kier alpha value is -4.78. The number of ether oxygens (including phenoxy) is 3. The van der Waals surface area contributed by atoms with Gasteiger partial charge in [-0.2, -0.15) is 0 Å². The molecule has 1 atom stereocenters. The average Bonchev–Trinajstić information content (AvgIpc) is 3.21. The zero-order valence-electron chi connectivity index (χ0n) is 21.3. The highest BCUT2D eigenvalue weighted by Gasteiger charge is 2.46. The number of para-hydroxylation sites is 1. The van der Waals surface area contributed by atoms with Crippen LogP contribution in [0.25, 0.3) is 16.5 Å². The number of aliphatic hydroxyl groups excluding tert-OH is 1. The Kier molecular flexibility index (Phi) is 6.75. The number of carbonyl (C=O) groups is 2. The van der Waals surface area contributed by atoms with Gasteiger partial charge in [0.1, 0.15) is 11.5 Å². The molecule has 1 amide bonds. The Balaban J connectivity index is 1.73. The third kappa shape index (κ3) is 4.22. The molecule has 7 nitrogen and oxygen atoms in total. The number of Topliss-reactive ketones (excluding diaryl/α,β-unsaturated/α-hetero) is 1. The summed E-state index contributed by atoms with van der Waals surface area (Å²) in [6.45, 7) is 0.0971. The van der Waals surface area contributed by atoms with E-state index in [4.69, 9.17) is 14.2 Å². The van der Waals surface area contributed by atoms with Gasteiger partial charge < -0.3 is 24.2 Å². The van der Waals surface area contributed by atoms with Crippen LogP contribution in [0, 0.1) is 0 Å². The highest BCUT2D eigenvalue weighted by Crippen LogP contribution is 2.43. The number of methoxy groups -OCH3 is 3. The third-order valence-electron chi connectivity index (χ3n) is 6.84. The first kappa shape index (κ1) is 24.9. The molecule has 5 rings (SSSR count). The molecule has 0 spiro atoms. The second kappa shape index (κ2) is 10.3. The van der Waals surface area contributed by atoms with E-state index in [0.717, 1.165) is 16.3 Å². The van der Waals surface area contributed by atoms with Crippen molar-refractivity contribution in [3.05, 3.63) is 107 Å². The van der Waals surface area contributed by atoms with E-state index >= 15 is 0 Å². The molecule has 1 heterocycles. The van der Waals surface area contributed by atoms with Gasteiger partial charge in [-0.1, -0.05) is 66.7 Å². The maximum Gasteiger partial charge on any atom is 0.295 e. The van der Waals surface area contributed by atoms with Gasteiger partial charge in [-0.05, 0) is 34.5 Å². The molecule has 1 fully saturated rings. The van der Waals surface area contributed by atoms with E-state index in [1.165, 1.54) is 19.1 Å². The lowest BCUT2D eigenvalue weighted by Crippen LogP contribution is -2.29. The molecule has 1 N–H and O–H groups in total. The summed E-state index contributed by atoms with van der Waals surface area (Å²) >= 11 is 0. The van der Waals surface area contributed by atoms with Gasteiger partial charge in [-0.25, -0.2) is 0 Å². The first-order chi connectivity index (χ1) is 18.5. The minimum Gasteiger partial charge on any atom is -0.507 e. The summed E-state index contributed by atoms with van der Waals surface area (Å²) in [5.41, 5.74) is 1.81. The predicted octanol–water partition coefficient (Wildman–Crippen LogP) is 5.49. The third-order valence-corrected chi connectivity index (χ3v) is 6.84.